The molecule has 2 rings (SSSR count). The molecule has 116 valence electrons. The summed E-state index contributed by atoms with van der Waals surface area (Å²) >= 11 is 1.20. The van der Waals surface area contributed by atoms with Gasteiger partial charge in [-0.1, -0.05) is 12.1 Å². The first-order chi connectivity index (χ1) is 10.3. The Morgan fingerprint density at radius 2 is 2.14 bits per heavy atom. The fourth-order valence-corrected chi connectivity index (χ4v) is 3.56. The molecule has 0 saturated carbocycles. The van der Waals surface area contributed by atoms with Crippen molar-refractivity contribution in [2.75, 3.05) is 11.6 Å². The SMILES string of the molecule is CC(=O)Nc1nc(C=O)c(Cc2cccc(S(C)(=O)=O)c2)s1. The molecule has 0 aliphatic rings. The summed E-state index contributed by atoms with van der Waals surface area (Å²) in [6.07, 6.45) is 2.14. The van der Waals surface area contributed by atoms with Gasteiger partial charge in [-0.05, 0) is 17.7 Å². The number of aromatic nitrogens is 1. The second-order valence-electron chi connectivity index (χ2n) is 4.72. The van der Waals surface area contributed by atoms with Gasteiger partial charge in [-0.2, -0.15) is 0 Å². The maximum absolute atomic E-state index is 11.6. The van der Waals surface area contributed by atoms with E-state index in [-0.39, 0.29) is 16.5 Å². The highest BCUT2D eigenvalue weighted by Crippen LogP contribution is 2.25. The van der Waals surface area contributed by atoms with Gasteiger partial charge in [0.1, 0.15) is 5.69 Å². The van der Waals surface area contributed by atoms with Crippen molar-refractivity contribution >= 4 is 38.5 Å². The lowest BCUT2D eigenvalue weighted by molar-refractivity contribution is -0.114. The number of sulfone groups is 1. The second kappa shape index (κ2) is 6.37. The monoisotopic (exact) mass is 338 g/mol. The van der Waals surface area contributed by atoms with Crippen LogP contribution >= 0.6 is 11.3 Å². The maximum Gasteiger partial charge on any atom is 0.223 e. The van der Waals surface area contributed by atoms with Crippen LogP contribution in [0.1, 0.15) is 27.9 Å². The number of carbonyl (C=O) groups is 2. The van der Waals surface area contributed by atoms with E-state index in [4.69, 9.17) is 0 Å². The summed E-state index contributed by atoms with van der Waals surface area (Å²) in [7, 11) is -3.28. The standard InChI is InChI=1S/C14H14N2O4S2/c1-9(18)15-14-16-12(8-17)13(21-14)7-10-4-3-5-11(6-10)22(2,19)20/h3-6,8H,7H2,1-2H3,(H,15,16,18). The Bertz CT molecular complexity index is 825. The van der Waals surface area contributed by atoms with Crippen LogP contribution in [0.25, 0.3) is 0 Å². The highest BCUT2D eigenvalue weighted by atomic mass is 32.2. The van der Waals surface area contributed by atoms with Gasteiger partial charge in [-0.25, -0.2) is 13.4 Å². The van der Waals surface area contributed by atoms with E-state index >= 15 is 0 Å². The minimum Gasteiger partial charge on any atom is -0.302 e. The summed E-state index contributed by atoms with van der Waals surface area (Å²) < 4.78 is 23.1. The third kappa shape index (κ3) is 3.99. The molecule has 0 bridgehead atoms. The first kappa shape index (κ1) is 16.3. The quantitative estimate of drug-likeness (QED) is 0.841. The number of rotatable bonds is 5. The molecule has 1 amide bonds. The minimum absolute atomic E-state index is 0.226. The highest BCUT2D eigenvalue weighted by molar-refractivity contribution is 7.90. The third-order valence-electron chi connectivity index (χ3n) is 2.81. The number of hydrogen-bond acceptors (Lipinski definition) is 6. The zero-order valence-corrected chi connectivity index (χ0v) is 13.6. The Morgan fingerprint density at radius 1 is 1.41 bits per heavy atom. The first-order valence-corrected chi connectivity index (χ1v) is 9.02. The number of anilines is 1. The Kier molecular flexibility index (Phi) is 4.72. The van der Waals surface area contributed by atoms with Crippen LogP contribution in [0, 0.1) is 0 Å². The summed E-state index contributed by atoms with van der Waals surface area (Å²) in [4.78, 5) is 27.0. The van der Waals surface area contributed by atoms with E-state index in [1.165, 1.54) is 24.3 Å². The molecule has 0 aliphatic heterocycles. The van der Waals surface area contributed by atoms with Crippen molar-refractivity contribution in [2.45, 2.75) is 18.2 Å². The van der Waals surface area contributed by atoms with E-state index in [1.54, 1.807) is 18.2 Å². The van der Waals surface area contributed by atoms with E-state index in [1.807, 2.05) is 0 Å². The molecule has 0 spiro atoms. The van der Waals surface area contributed by atoms with Crippen molar-refractivity contribution in [2.24, 2.45) is 0 Å². The Balaban J connectivity index is 2.32. The van der Waals surface area contributed by atoms with Crippen molar-refractivity contribution in [1.82, 2.24) is 4.98 Å². The Morgan fingerprint density at radius 3 is 2.73 bits per heavy atom. The third-order valence-corrected chi connectivity index (χ3v) is 4.91. The number of benzene rings is 1. The average Bonchev–Trinajstić information content (AvgIpc) is 2.79. The number of aldehydes is 1. The Labute approximate surface area is 132 Å². The zero-order chi connectivity index (χ0) is 16.3. The molecule has 6 nitrogen and oxygen atoms in total. The van der Waals surface area contributed by atoms with Crippen LogP contribution in [0.2, 0.25) is 0 Å². The van der Waals surface area contributed by atoms with E-state index in [9.17, 15) is 18.0 Å². The molecule has 0 radical (unpaired) electrons. The van der Waals surface area contributed by atoms with Crippen molar-refractivity contribution < 1.29 is 18.0 Å². The molecule has 1 N–H and O–H groups in total. The van der Waals surface area contributed by atoms with Crippen LogP contribution in [0.5, 0.6) is 0 Å². The number of thiazole rings is 1. The molecule has 0 saturated heterocycles. The first-order valence-electron chi connectivity index (χ1n) is 6.31. The maximum atomic E-state index is 11.6. The van der Waals surface area contributed by atoms with Crippen LogP contribution in [0.3, 0.4) is 0 Å². The molecule has 2 aromatic rings. The summed E-state index contributed by atoms with van der Waals surface area (Å²) in [6.45, 7) is 1.36. The van der Waals surface area contributed by atoms with Gasteiger partial charge in [0.15, 0.2) is 21.3 Å². The predicted octanol–water partition coefficient (Wildman–Crippen LogP) is 1.91. The van der Waals surface area contributed by atoms with Crippen molar-refractivity contribution in [3.8, 4) is 0 Å². The van der Waals surface area contributed by atoms with Gasteiger partial charge in [-0.3, -0.25) is 9.59 Å². The normalized spacial score (nSPS) is 11.2. The largest absolute Gasteiger partial charge is 0.302 e. The average molecular weight is 338 g/mol. The van der Waals surface area contributed by atoms with E-state index in [0.717, 1.165) is 11.8 Å². The molecule has 0 unspecified atom stereocenters. The molecule has 0 aliphatic carbocycles. The lowest BCUT2D eigenvalue weighted by atomic mass is 10.1. The molecule has 1 heterocycles. The fraction of sp³-hybridized carbons (Fsp3) is 0.214. The minimum atomic E-state index is -3.28. The summed E-state index contributed by atoms with van der Waals surface area (Å²) in [5.41, 5.74) is 1.00. The van der Waals surface area contributed by atoms with Gasteiger partial charge < -0.3 is 5.32 Å². The number of nitrogens with one attached hydrogen (secondary N) is 1. The smallest absolute Gasteiger partial charge is 0.223 e. The molecular formula is C14H14N2O4S2. The van der Waals surface area contributed by atoms with Crippen molar-refractivity contribution in [3.05, 3.63) is 40.4 Å². The molecule has 0 fully saturated rings. The van der Waals surface area contributed by atoms with Crippen molar-refractivity contribution in [3.63, 3.8) is 0 Å². The van der Waals surface area contributed by atoms with Gasteiger partial charge in [0, 0.05) is 24.5 Å². The number of nitrogens with zero attached hydrogens (tertiary/aromatic N) is 1. The molecular weight excluding hydrogens is 324 g/mol. The van der Waals surface area contributed by atoms with Gasteiger partial charge in [0.05, 0.1) is 4.90 Å². The zero-order valence-electron chi connectivity index (χ0n) is 12.0. The van der Waals surface area contributed by atoms with Crippen LogP contribution in [-0.2, 0) is 21.1 Å². The molecule has 1 aromatic heterocycles. The van der Waals surface area contributed by atoms with Gasteiger partial charge in [0.2, 0.25) is 5.91 Å². The highest BCUT2D eigenvalue weighted by Gasteiger charge is 2.13. The lowest BCUT2D eigenvalue weighted by Gasteiger charge is -2.03. The van der Waals surface area contributed by atoms with E-state index in [0.29, 0.717) is 22.7 Å². The Hall–Kier alpha value is -2.06. The number of hydrogen-bond donors (Lipinski definition) is 1. The van der Waals surface area contributed by atoms with E-state index < -0.39 is 9.84 Å². The molecule has 22 heavy (non-hydrogen) atoms. The summed E-state index contributed by atoms with van der Waals surface area (Å²) in [5.74, 6) is -0.267. The molecule has 0 atom stereocenters. The number of carbonyl (C=O) groups excluding carboxylic acids is 2. The van der Waals surface area contributed by atoms with Gasteiger partial charge in [-0.15, -0.1) is 11.3 Å². The van der Waals surface area contributed by atoms with E-state index in [2.05, 4.69) is 10.3 Å². The topological polar surface area (TPSA) is 93.2 Å². The van der Waals surface area contributed by atoms with Crippen LogP contribution in [0.15, 0.2) is 29.2 Å². The molecule has 8 heteroatoms. The van der Waals surface area contributed by atoms with Crippen LogP contribution in [0.4, 0.5) is 5.13 Å². The van der Waals surface area contributed by atoms with Crippen molar-refractivity contribution in [1.29, 1.82) is 0 Å². The second-order valence-corrected chi connectivity index (χ2v) is 7.82. The number of amides is 1. The summed E-state index contributed by atoms with van der Waals surface area (Å²) in [6, 6.07) is 6.53. The van der Waals surface area contributed by atoms with Gasteiger partial charge >= 0.3 is 0 Å². The lowest BCUT2D eigenvalue weighted by Crippen LogP contribution is -2.05. The predicted molar refractivity (Wildman–Crippen MR) is 84.2 cm³/mol. The van der Waals surface area contributed by atoms with Gasteiger partial charge in [0.25, 0.3) is 0 Å². The molecule has 1 aromatic carbocycles. The fourth-order valence-electron chi connectivity index (χ4n) is 1.86. The van der Waals surface area contributed by atoms with Crippen LogP contribution < -0.4 is 5.32 Å². The summed E-state index contributed by atoms with van der Waals surface area (Å²) in [5, 5.41) is 2.89. The van der Waals surface area contributed by atoms with Crippen LogP contribution in [-0.4, -0.2) is 31.9 Å².